The number of hydrogen-bond donors (Lipinski definition) is 1. The summed E-state index contributed by atoms with van der Waals surface area (Å²) in [6.07, 6.45) is -6.84. The normalized spacial score (nSPS) is 13.2. The minimum atomic E-state index is -4.64. The van der Waals surface area contributed by atoms with Crippen LogP contribution in [0.15, 0.2) is 16.6 Å². The van der Waals surface area contributed by atoms with Crippen LogP contribution in [0.2, 0.25) is 0 Å². The van der Waals surface area contributed by atoms with Gasteiger partial charge in [0.1, 0.15) is 17.1 Å². The molecule has 0 amide bonds. The zero-order valence-corrected chi connectivity index (χ0v) is 10.5. The summed E-state index contributed by atoms with van der Waals surface area (Å²) in [7, 11) is 0. The highest BCUT2D eigenvalue weighted by atomic mass is 79.9. The summed E-state index contributed by atoms with van der Waals surface area (Å²) < 4.78 is 54.3. The molecule has 0 spiro atoms. The Morgan fingerprint density at radius 1 is 1.44 bits per heavy atom. The van der Waals surface area contributed by atoms with E-state index in [2.05, 4.69) is 20.7 Å². The van der Waals surface area contributed by atoms with Gasteiger partial charge in [-0.15, -0.1) is 0 Å². The highest BCUT2D eigenvalue weighted by Gasteiger charge is 2.38. The Labute approximate surface area is 107 Å². The van der Waals surface area contributed by atoms with Crippen LogP contribution in [0.4, 0.5) is 17.6 Å². The molecule has 8 heteroatoms. The van der Waals surface area contributed by atoms with E-state index in [0.717, 1.165) is 13.0 Å². The van der Waals surface area contributed by atoms with E-state index in [1.165, 1.54) is 0 Å². The van der Waals surface area contributed by atoms with E-state index in [-0.39, 0.29) is 4.47 Å². The molecule has 0 heterocycles. The lowest BCUT2D eigenvalue weighted by atomic mass is 10.2. The van der Waals surface area contributed by atoms with Crippen molar-refractivity contribution in [1.82, 2.24) is 0 Å². The largest absolute Gasteiger partial charge is 0.480 e. The molecule has 1 atom stereocenters. The van der Waals surface area contributed by atoms with E-state index in [4.69, 9.17) is 5.11 Å². The van der Waals surface area contributed by atoms with E-state index in [1.807, 2.05) is 0 Å². The summed E-state index contributed by atoms with van der Waals surface area (Å²) >= 11 is 2.74. The number of halogens is 5. The van der Waals surface area contributed by atoms with E-state index in [0.29, 0.717) is 6.07 Å². The minimum absolute atomic E-state index is 0.183. The maximum absolute atomic E-state index is 13.1. The van der Waals surface area contributed by atoms with Gasteiger partial charge in [0, 0.05) is 0 Å². The highest BCUT2D eigenvalue weighted by molar-refractivity contribution is 9.10. The zero-order valence-electron chi connectivity index (χ0n) is 8.89. The number of aromatic carboxylic acids is 1. The average molecular weight is 331 g/mol. The van der Waals surface area contributed by atoms with Crippen molar-refractivity contribution in [2.75, 3.05) is 0 Å². The predicted molar refractivity (Wildman–Crippen MR) is 57.2 cm³/mol. The second-order valence-corrected chi connectivity index (χ2v) is 4.22. The first-order valence-electron chi connectivity index (χ1n) is 4.58. The lowest BCUT2D eigenvalue weighted by molar-refractivity contribution is -0.189. The molecule has 0 saturated heterocycles. The van der Waals surface area contributed by atoms with Crippen LogP contribution in [-0.2, 0) is 0 Å². The molecule has 1 unspecified atom stereocenters. The van der Waals surface area contributed by atoms with Crippen LogP contribution < -0.4 is 4.74 Å². The quantitative estimate of drug-likeness (QED) is 0.861. The van der Waals surface area contributed by atoms with Crippen molar-refractivity contribution < 1.29 is 32.2 Å². The number of rotatable bonds is 3. The molecule has 0 radical (unpaired) electrons. The topological polar surface area (TPSA) is 46.5 Å². The van der Waals surface area contributed by atoms with Gasteiger partial charge in [0.2, 0.25) is 0 Å². The first-order chi connectivity index (χ1) is 8.12. The van der Waals surface area contributed by atoms with Gasteiger partial charge in [0.05, 0.1) is 4.47 Å². The fourth-order valence-electron chi connectivity index (χ4n) is 1.05. The number of alkyl halides is 3. The van der Waals surface area contributed by atoms with Gasteiger partial charge in [-0.1, -0.05) is 0 Å². The number of carbonyl (C=O) groups is 1. The van der Waals surface area contributed by atoms with Crippen LogP contribution in [0.3, 0.4) is 0 Å². The van der Waals surface area contributed by atoms with Crippen molar-refractivity contribution in [3.8, 4) is 5.75 Å². The van der Waals surface area contributed by atoms with Gasteiger partial charge in [-0.3, -0.25) is 0 Å². The van der Waals surface area contributed by atoms with E-state index >= 15 is 0 Å². The molecule has 0 saturated carbocycles. The molecule has 18 heavy (non-hydrogen) atoms. The van der Waals surface area contributed by atoms with Crippen LogP contribution in [0.1, 0.15) is 17.3 Å². The number of carboxylic acids is 1. The van der Waals surface area contributed by atoms with E-state index < -0.39 is 35.4 Å². The van der Waals surface area contributed by atoms with Gasteiger partial charge in [0.25, 0.3) is 0 Å². The Hall–Kier alpha value is -1.31. The van der Waals surface area contributed by atoms with Crippen molar-refractivity contribution >= 4 is 21.9 Å². The monoisotopic (exact) mass is 330 g/mol. The Morgan fingerprint density at radius 3 is 2.44 bits per heavy atom. The van der Waals surface area contributed by atoms with Crippen LogP contribution in [-0.4, -0.2) is 23.4 Å². The third-order valence-corrected chi connectivity index (χ3v) is 2.63. The summed E-state index contributed by atoms with van der Waals surface area (Å²) in [4.78, 5) is 10.8. The molecule has 0 bridgehead atoms. The standard InChI is InChI=1S/C10H7BrF4O3/c1-4(10(13,14)15)18-8-3-6(11)7(12)2-5(8)9(16)17/h2-4H,1H3,(H,16,17). The number of carboxylic acid groups (broad SMARTS) is 1. The SMILES string of the molecule is CC(Oc1cc(Br)c(F)cc1C(=O)O)C(F)(F)F. The summed E-state index contributed by atoms with van der Waals surface area (Å²) in [5.41, 5.74) is -0.674. The van der Waals surface area contributed by atoms with Gasteiger partial charge >= 0.3 is 12.1 Å². The van der Waals surface area contributed by atoms with Crippen LogP contribution in [0, 0.1) is 5.82 Å². The molecule has 0 aliphatic rings. The molecule has 0 fully saturated rings. The minimum Gasteiger partial charge on any atom is -0.480 e. The maximum atomic E-state index is 13.1. The van der Waals surface area contributed by atoms with Gasteiger partial charge in [-0.25, -0.2) is 9.18 Å². The Kier molecular flexibility index (Phi) is 4.20. The Morgan fingerprint density at radius 2 is 2.00 bits per heavy atom. The van der Waals surface area contributed by atoms with E-state index in [9.17, 15) is 22.4 Å². The number of benzene rings is 1. The van der Waals surface area contributed by atoms with E-state index in [1.54, 1.807) is 0 Å². The number of ether oxygens (including phenoxy) is 1. The molecule has 1 aromatic carbocycles. The molecule has 3 nitrogen and oxygen atoms in total. The van der Waals surface area contributed by atoms with Crippen LogP contribution in [0.25, 0.3) is 0 Å². The molecule has 1 N–H and O–H groups in total. The van der Waals surface area contributed by atoms with Crippen LogP contribution >= 0.6 is 15.9 Å². The summed E-state index contributed by atoms with van der Waals surface area (Å²) in [6, 6.07) is 1.44. The third kappa shape index (κ3) is 3.34. The highest BCUT2D eigenvalue weighted by Crippen LogP contribution is 2.31. The molecule has 0 aliphatic heterocycles. The zero-order chi connectivity index (χ0) is 14.1. The van der Waals surface area contributed by atoms with Crippen molar-refractivity contribution in [3.05, 3.63) is 28.0 Å². The molecule has 1 aromatic rings. The first kappa shape index (κ1) is 14.7. The van der Waals surface area contributed by atoms with Crippen LogP contribution in [0.5, 0.6) is 5.75 Å². The fraction of sp³-hybridized carbons (Fsp3) is 0.300. The van der Waals surface area contributed by atoms with Gasteiger partial charge in [0.15, 0.2) is 6.10 Å². The van der Waals surface area contributed by atoms with Crippen molar-refractivity contribution in [2.45, 2.75) is 19.2 Å². The Bertz CT molecular complexity index is 473. The fourth-order valence-corrected chi connectivity index (χ4v) is 1.37. The van der Waals surface area contributed by atoms with Crippen molar-refractivity contribution in [3.63, 3.8) is 0 Å². The van der Waals surface area contributed by atoms with Crippen molar-refractivity contribution in [2.24, 2.45) is 0 Å². The second-order valence-electron chi connectivity index (χ2n) is 3.37. The third-order valence-electron chi connectivity index (χ3n) is 2.02. The summed E-state index contributed by atoms with van der Waals surface area (Å²) in [5.74, 6) is -3.04. The predicted octanol–water partition coefficient (Wildman–Crippen LogP) is 3.62. The molecular weight excluding hydrogens is 324 g/mol. The second kappa shape index (κ2) is 5.13. The average Bonchev–Trinajstić information content (AvgIpc) is 2.21. The lowest BCUT2D eigenvalue weighted by Gasteiger charge is -2.19. The Balaban J connectivity index is 3.15. The summed E-state index contributed by atoms with van der Waals surface area (Å²) in [6.45, 7) is 0.725. The molecular formula is C10H7BrF4O3. The maximum Gasteiger partial charge on any atom is 0.425 e. The molecule has 1 rings (SSSR count). The van der Waals surface area contributed by atoms with Gasteiger partial charge in [-0.05, 0) is 35.0 Å². The number of hydrogen-bond acceptors (Lipinski definition) is 2. The molecule has 0 aromatic heterocycles. The lowest BCUT2D eigenvalue weighted by Crippen LogP contribution is -2.31. The van der Waals surface area contributed by atoms with Crippen molar-refractivity contribution in [1.29, 1.82) is 0 Å². The summed E-state index contributed by atoms with van der Waals surface area (Å²) in [5, 5.41) is 8.75. The molecule has 100 valence electrons. The van der Waals surface area contributed by atoms with Gasteiger partial charge < -0.3 is 9.84 Å². The smallest absolute Gasteiger partial charge is 0.425 e. The molecule has 0 aliphatic carbocycles. The first-order valence-corrected chi connectivity index (χ1v) is 5.38. The van der Waals surface area contributed by atoms with Gasteiger partial charge in [-0.2, -0.15) is 13.2 Å².